The molecule has 0 aliphatic carbocycles. The molecule has 0 atom stereocenters. The molecule has 0 aliphatic rings. The SMILES string of the molecule is c1ccc(-c2nc(-c3ccccc3)nc(-c3cccc4c3sc3ccccc34)n2)cc1. The van der Waals surface area contributed by atoms with Gasteiger partial charge in [-0.2, -0.15) is 0 Å². The summed E-state index contributed by atoms with van der Waals surface area (Å²) in [4.78, 5) is 14.6. The number of hydrogen-bond acceptors (Lipinski definition) is 4. The van der Waals surface area contributed by atoms with Gasteiger partial charge in [0.2, 0.25) is 0 Å². The monoisotopic (exact) mass is 415 g/mol. The minimum absolute atomic E-state index is 0.683. The van der Waals surface area contributed by atoms with Gasteiger partial charge in [0.15, 0.2) is 17.5 Å². The summed E-state index contributed by atoms with van der Waals surface area (Å²) >= 11 is 1.79. The first-order chi connectivity index (χ1) is 15.4. The summed E-state index contributed by atoms with van der Waals surface area (Å²) in [6.45, 7) is 0. The van der Waals surface area contributed by atoms with Crippen LogP contribution in [-0.2, 0) is 0 Å². The number of hydrogen-bond donors (Lipinski definition) is 0. The van der Waals surface area contributed by atoms with Crippen molar-refractivity contribution in [3.8, 4) is 34.2 Å². The van der Waals surface area contributed by atoms with Gasteiger partial charge in [0.1, 0.15) is 0 Å². The topological polar surface area (TPSA) is 38.7 Å². The molecule has 0 fully saturated rings. The molecule has 0 unspecified atom stereocenters. The molecule has 2 aromatic heterocycles. The fraction of sp³-hybridized carbons (Fsp3) is 0. The number of aromatic nitrogens is 3. The van der Waals surface area contributed by atoms with Crippen molar-refractivity contribution in [2.75, 3.05) is 0 Å². The van der Waals surface area contributed by atoms with Crippen molar-refractivity contribution in [1.82, 2.24) is 15.0 Å². The summed E-state index contributed by atoms with van der Waals surface area (Å²) in [5.41, 5.74) is 2.99. The highest BCUT2D eigenvalue weighted by molar-refractivity contribution is 7.26. The molecule has 6 aromatic rings. The molecule has 0 amide bonds. The molecular formula is C27H17N3S. The lowest BCUT2D eigenvalue weighted by Crippen LogP contribution is -2.00. The predicted molar refractivity (Wildman–Crippen MR) is 129 cm³/mol. The molecule has 0 saturated heterocycles. The van der Waals surface area contributed by atoms with E-state index in [0.29, 0.717) is 17.5 Å². The highest BCUT2D eigenvalue weighted by Gasteiger charge is 2.16. The van der Waals surface area contributed by atoms with Crippen molar-refractivity contribution in [1.29, 1.82) is 0 Å². The van der Waals surface area contributed by atoms with Crippen LogP contribution in [0.4, 0.5) is 0 Å². The molecule has 6 rings (SSSR count). The molecule has 0 saturated carbocycles. The van der Waals surface area contributed by atoms with Crippen molar-refractivity contribution < 1.29 is 0 Å². The Bertz CT molecular complexity index is 1460. The van der Waals surface area contributed by atoms with Gasteiger partial charge in [0.05, 0.1) is 0 Å². The molecule has 4 heteroatoms. The van der Waals surface area contributed by atoms with Gasteiger partial charge in [0.25, 0.3) is 0 Å². The second kappa shape index (κ2) is 7.42. The summed E-state index contributed by atoms with van der Waals surface area (Å²) < 4.78 is 2.47. The van der Waals surface area contributed by atoms with Crippen molar-refractivity contribution in [3.63, 3.8) is 0 Å². The van der Waals surface area contributed by atoms with Crippen molar-refractivity contribution in [2.45, 2.75) is 0 Å². The zero-order valence-corrected chi connectivity index (χ0v) is 17.4. The molecule has 0 spiro atoms. The average molecular weight is 416 g/mol. The Morgan fingerprint density at radius 2 is 1.00 bits per heavy atom. The maximum atomic E-state index is 4.90. The molecule has 0 N–H and O–H groups in total. The standard InChI is InChI=1S/C27H17N3S/c1-3-10-18(11-4-1)25-28-26(19-12-5-2-6-13-19)30-27(29-25)22-16-9-15-21-20-14-7-8-17-23(20)31-24(21)22/h1-17H. The molecule has 146 valence electrons. The number of thiophene rings is 1. The van der Waals surface area contributed by atoms with Crippen molar-refractivity contribution in [2.24, 2.45) is 0 Å². The van der Waals surface area contributed by atoms with Gasteiger partial charge in [-0.25, -0.2) is 15.0 Å². The van der Waals surface area contributed by atoms with Gasteiger partial charge in [-0.1, -0.05) is 91.0 Å². The lowest BCUT2D eigenvalue weighted by molar-refractivity contribution is 1.08. The fourth-order valence-electron chi connectivity index (χ4n) is 3.85. The Hall–Kier alpha value is -3.89. The molecular weight excluding hydrogens is 398 g/mol. The van der Waals surface area contributed by atoms with E-state index in [-0.39, 0.29) is 0 Å². The molecule has 3 nitrogen and oxygen atoms in total. The molecule has 2 heterocycles. The third kappa shape index (κ3) is 3.18. The zero-order chi connectivity index (χ0) is 20.6. The van der Waals surface area contributed by atoms with Gasteiger partial charge in [-0.05, 0) is 12.1 Å². The largest absolute Gasteiger partial charge is 0.208 e. The first-order valence-electron chi connectivity index (χ1n) is 10.1. The number of fused-ring (bicyclic) bond motifs is 3. The van der Waals surface area contributed by atoms with Crippen LogP contribution in [0.2, 0.25) is 0 Å². The van der Waals surface area contributed by atoms with E-state index in [4.69, 9.17) is 15.0 Å². The summed E-state index contributed by atoms with van der Waals surface area (Å²) in [6, 6.07) is 35.1. The fourth-order valence-corrected chi connectivity index (χ4v) is 5.06. The highest BCUT2D eigenvalue weighted by atomic mass is 32.1. The van der Waals surface area contributed by atoms with Crippen LogP contribution in [0, 0.1) is 0 Å². The van der Waals surface area contributed by atoms with Gasteiger partial charge >= 0.3 is 0 Å². The van der Waals surface area contributed by atoms with Crippen LogP contribution in [0.25, 0.3) is 54.3 Å². The van der Waals surface area contributed by atoms with Crippen LogP contribution in [0.15, 0.2) is 103 Å². The lowest BCUT2D eigenvalue weighted by atomic mass is 10.1. The number of rotatable bonds is 3. The first-order valence-corrected chi connectivity index (χ1v) is 11.0. The maximum Gasteiger partial charge on any atom is 0.165 e. The molecule has 0 aliphatic heterocycles. The summed E-state index contributed by atoms with van der Waals surface area (Å²) in [5, 5.41) is 2.51. The van der Waals surface area contributed by atoms with Gasteiger partial charge in [0, 0.05) is 36.9 Å². The Morgan fingerprint density at radius 3 is 1.68 bits per heavy atom. The first kappa shape index (κ1) is 17.9. The van der Waals surface area contributed by atoms with Crippen LogP contribution in [0.1, 0.15) is 0 Å². The minimum atomic E-state index is 0.683. The normalized spacial score (nSPS) is 11.2. The molecule has 0 radical (unpaired) electrons. The van der Waals surface area contributed by atoms with E-state index >= 15 is 0 Å². The van der Waals surface area contributed by atoms with E-state index in [0.717, 1.165) is 16.7 Å². The van der Waals surface area contributed by atoms with Gasteiger partial charge in [-0.15, -0.1) is 11.3 Å². The highest BCUT2D eigenvalue weighted by Crippen LogP contribution is 2.39. The third-order valence-electron chi connectivity index (χ3n) is 5.34. The number of benzene rings is 4. The van der Waals surface area contributed by atoms with E-state index in [1.165, 1.54) is 20.2 Å². The Morgan fingerprint density at radius 1 is 0.452 bits per heavy atom. The summed E-state index contributed by atoms with van der Waals surface area (Å²) in [7, 11) is 0. The van der Waals surface area contributed by atoms with Crippen LogP contribution in [0.3, 0.4) is 0 Å². The maximum absolute atomic E-state index is 4.90. The smallest absolute Gasteiger partial charge is 0.165 e. The summed E-state index contributed by atoms with van der Waals surface area (Å²) in [6.07, 6.45) is 0. The number of nitrogens with zero attached hydrogens (tertiary/aromatic N) is 3. The average Bonchev–Trinajstić information content (AvgIpc) is 3.24. The quantitative estimate of drug-likeness (QED) is 0.306. The zero-order valence-electron chi connectivity index (χ0n) is 16.6. The van der Waals surface area contributed by atoms with E-state index in [1.807, 2.05) is 60.7 Å². The van der Waals surface area contributed by atoms with Crippen molar-refractivity contribution >= 4 is 31.5 Å². The molecule has 0 bridgehead atoms. The van der Waals surface area contributed by atoms with Gasteiger partial charge < -0.3 is 0 Å². The van der Waals surface area contributed by atoms with Gasteiger partial charge in [-0.3, -0.25) is 0 Å². The Balaban J connectivity index is 1.63. The second-order valence-corrected chi connectivity index (χ2v) is 8.37. The van der Waals surface area contributed by atoms with E-state index in [1.54, 1.807) is 11.3 Å². The van der Waals surface area contributed by atoms with E-state index < -0.39 is 0 Å². The Kier molecular flexibility index (Phi) is 4.29. The van der Waals surface area contributed by atoms with Crippen LogP contribution < -0.4 is 0 Å². The van der Waals surface area contributed by atoms with E-state index in [9.17, 15) is 0 Å². The van der Waals surface area contributed by atoms with Crippen LogP contribution in [0.5, 0.6) is 0 Å². The van der Waals surface area contributed by atoms with Crippen molar-refractivity contribution in [3.05, 3.63) is 103 Å². The predicted octanol–water partition coefficient (Wildman–Crippen LogP) is 7.24. The second-order valence-electron chi connectivity index (χ2n) is 7.32. The lowest BCUT2D eigenvalue weighted by Gasteiger charge is -2.09. The third-order valence-corrected chi connectivity index (χ3v) is 6.56. The van der Waals surface area contributed by atoms with Crippen LogP contribution in [-0.4, -0.2) is 15.0 Å². The molecule has 4 aromatic carbocycles. The van der Waals surface area contributed by atoms with E-state index in [2.05, 4.69) is 42.5 Å². The summed E-state index contributed by atoms with van der Waals surface area (Å²) in [5.74, 6) is 2.06. The van der Waals surface area contributed by atoms with Crippen LogP contribution >= 0.6 is 11.3 Å². The molecule has 31 heavy (non-hydrogen) atoms. The Labute approximate surface area is 183 Å². The minimum Gasteiger partial charge on any atom is -0.208 e.